The van der Waals surface area contributed by atoms with Crippen molar-refractivity contribution < 1.29 is 5.11 Å². The van der Waals surface area contributed by atoms with E-state index in [2.05, 4.69) is 36.8 Å². The summed E-state index contributed by atoms with van der Waals surface area (Å²) >= 11 is 0. The molecule has 1 rings (SSSR count). The average Bonchev–Trinajstić information content (AvgIpc) is 2.77. The lowest BCUT2D eigenvalue weighted by atomic mass is 9.92. The lowest BCUT2D eigenvalue weighted by molar-refractivity contribution is 0.101. The SMILES string of the molecule is CCCCc1nc(C#N)c(C(O)C(C)CC(C)C)[nH]1. The van der Waals surface area contributed by atoms with Crippen molar-refractivity contribution in [3.05, 3.63) is 17.2 Å². The molecule has 2 N–H and O–H groups in total. The number of aromatic amines is 1. The lowest BCUT2D eigenvalue weighted by Gasteiger charge is -2.19. The summed E-state index contributed by atoms with van der Waals surface area (Å²) in [5.41, 5.74) is 0.927. The van der Waals surface area contributed by atoms with Gasteiger partial charge in [0.15, 0.2) is 5.69 Å². The van der Waals surface area contributed by atoms with Gasteiger partial charge in [-0.1, -0.05) is 34.1 Å². The second kappa shape index (κ2) is 7.30. The number of unbranched alkanes of at least 4 members (excludes halogenated alkanes) is 1. The van der Waals surface area contributed by atoms with Crippen LogP contribution < -0.4 is 0 Å². The van der Waals surface area contributed by atoms with Gasteiger partial charge < -0.3 is 10.1 Å². The van der Waals surface area contributed by atoms with E-state index in [1.807, 2.05) is 6.92 Å². The molecule has 1 aromatic heterocycles. The standard InChI is InChI=1S/C15H25N3O/c1-5-6-7-13-17-12(9-16)14(18-13)15(19)11(4)8-10(2)3/h10-11,15,19H,5-8H2,1-4H3,(H,17,18). The first kappa shape index (κ1) is 15.7. The fourth-order valence-corrected chi connectivity index (χ4v) is 2.36. The Kier molecular flexibility index (Phi) is 6.04. The summed E-state index contributed by atoms with van der Waals surface area (Å²) in [6.07, 6.45) is 3.24. The fourth-order valence-electron chi connectivity index (χ4n) is 2.36. The number of nitrogens with zero attached hydrogens (tertiary/aromatic N) is 2. The molecule has 0 aromatic carbocycles. The Morgan fingerprint density at radius 1 is 1.37 bits per heavy atom. The van der Waals surface area contributed by atoms with Crippen molar-refractivity contribution in [2.45, 2.75) is 59.5 Å². The van der Waals surface area contributed by atoms with Gasteiger partial charge in [0.05, 0.1) is 11.8 Å². The Morgan fingerprint density at radius 3 is 2.58 bits per heavy atom. The number of rotatable bonds is 7. The predicted octanol–water partition coefficient (Wildman–Crippen LogP) is 3.34. The zero-order chi connectivity index (χ0) is 14.4. The van der Waals surface area contributed by atoms with Crippen molar-refractivity contribution in [1.29, 1.82) is 5.26 Å². The van der Waals surface area contributed by atoms with Crippen LogP contribution in [0.4, 0.5) is 0 Å². The third-order valence-electron chi connectivity index (χ3n) is 3.33. The van der Waals surface area contributed by atoms with Gasteiger partial charge in [0.1, 0.15) is 11.9 Å². The molecule has 0 saturated heterocycles. The van der Waals surface area contributed by atoms with Crippen LogP contribution in [-0.2, 0) is 6.42 Å². The van der Waals surface area contributed by atoms with Crippen LogP contribution in [0.15, 0.2) is 0 Å². The maximum atomic E-state index is 10.4. The van der Waals surface area contributed by atoms with Gasteiger partial charge in [0, 0.05) is 6.42 Å². The molecule has 2 atom stereocenters. The minimum atomic E-state index is -0.639. The molecule has 0 aliphatic rings. The van der Waals surface area contributed by atoms with Gasteiger partial charge in [-0.25, -0.2) is 4.98 Å². The van der Waals surface area contributed by atoms with Gasteiger partial charge in [-0.15, -0.1) is 0 Å². The van der Waals surface area contributed by atoms with E-state index in [0.717, 1.165) is 31.5 Å². The second-order valence-corrected chi connectivity index (χ2v) is 5.71. The Bertz CT molecular complexity index is 431. The first-order valence-electron chi connectivity index (χ1n) is 7.16. The van der Waals surface area contributed by atoms with Gasteiger partial charge >= 0.3 is 0 Å². The number of aliphatic hydroxyl groups is 1. The largest absolute Gasteiger partial charge is 0.387 e. The highest BCUT2D eigenvalue weighted by Gasteiger charge is 2.23. The molecule has 4 nitrogen and oxygen atoms in total. The van der Waals surface area contributed by atoms with Crippen LogP contribution in [-0.4, -0.2) is 15.1 Å². The number of aryl methyl sites for hydroxylation is 1. The van der Waals surface area contributed by atoms with E-state index in [4.69, 9.17) is 5.26 Å². The van der Waals surface area contributed by atoms with Crippen molar-refractivity contribution >= 4 is 0 Å². The number of H-pyrrole nitrogens is 1. The number of nitriles is 1. The molecule has 0 spiro atoms. The third kappa shape index (κ3) is 4.36. The summed E-state index contributed by atoms with van der Waals surface area (Å²) in [7, 11) is 0. The van der Waals surface area contributed by atoms with Crippen molar-refractivity contribution in [3.63, 3.8) is 0 Å². The highest BCUT2D eigenvalue weighted by Crippen LogP contribution is 2.28. The maximum absolute atomic E-state index is 10.4. The summed E-state index contributed by atoms with van der Waals surface area (Å²) in [6, 6.07) is 2.08. The predicted molar refractivity (Wildman–Crippen MR) is 75.5 cm³/mol. The fraction of sp³-hybridized carbons (Fsp3) is 0.733. The number of aromatic nitrogens is 2. The minimum absolute atomic E-state index is 0.117. The van der Waals surface area contributed by atoms with Crippen LogP contribution in [0, 0.1) is 23.2 Å². The Balaban J connectivity index is 2.86. The molecule has 2 unspecified atom stereocenters. The van der Waals surface area contributed by atoms with E-state index in [9.17, 15) is 5.11 Å². The molecule has 1 aromatic rings. The molecule has 4 heteroatoms. The molecule has 1 heterocycles. The molecule has 0 amide bonds. The van der Waals surface area contributed by atoms with Gasteiger partial charge in [-0.05, 0) is 24.7 Å². The molecular weight excluding hydrogens is 238 g/mol. The van der Waals surface area contributed by atoms with E-state index < -0.39 is 6.10 Å². The average molecular weight is 263 g/mol. The lowest BCUT2D eigenvalue weighted by Crippen LogP contribution is -2.13. The zero-order valence-corrected chi connectivity index (χ0v) is 12.4. The molecule has 0 aliphatic carbocycles. The van der Waals surface area contributed by atoms with Crippen molar-refractivity contribution in [3.8, 4) is 6.07 Å². The van der Waals surface area contributed by atoms with E-state index in [1.165, 1.54) is 0 Å². The first-order valence-corrected chi connectivity index (χ1v) is 7.16. The summed E-state index contributed by atoms with van der Waals surface area (Å²) in [4.78, 5) is 7.41. The molecule has 106 valence electrons. The van der Waals surface area contributed by atoms with Crippen LogP contribution in [0.5, 0.6) is 0 Å². The topological polar surface area (TPSA) is 72.7 Å². The van der Waals surface area contributed by atoms with Gasteiger partial charge in [-0.2, -0.15) is 5.26 Å². The molecule has 19 heavy (non-hydrogen) atoms. The van der Waals surface area contributed by atoms with Crippen molar-refractivity contribution in [2.75, 3.05) is 0 Å². The van der Waals surface area contributed by atoms with Crippen LogP contribution in [0.3, 0.4) is 0 Å². The summed E-state index contributed by atoms with van der Waals surface area (Å²) in [5.74, 6) is 1.45. The third-order valence-corrected chi connectivity index (χ3v) is 3.33. The second-order valence-electron chi connectivity index (χ2n) is 5.71. The number of hydrogen-bond acceptors (Lipinski definition) is 3. The van der Waals surface area contributed by atoms with E-state index >= 15 is 0 Å². The molecule has 0 fully saturated rings. The Hall–Kier alpha value is -1.34. The highest BCUT2D eigenvalue weighted by molar-refractivity contribution is 5.29. The molecule has 0 saturated carbocycles. The zero-order valence-electron chi connectivity index (χ0n) is 12.4. The van der Waals surface area contributed by atoms with Crippen LogP contribution >= 0.6 is 0 Å². The monoisotopic (exact) mass is 263 g/mol. The Morgan fingerprint density at radius 2 is 2.05 bits per heavy atom. The minimum Gasteiger partial charge on any atom is -0.387 e. The molecular formula is C15H25N3O. The van der Waals surface area contributed by atoms with Gasteiger partial charge in [0.25, 0.3) is 0 Å². The normalized spacial score (nSPS) is 14.4. The van der Waals surface area contributed by atoms with Crippen molar-refractivity contribution in [2.24, 2.45) is 11.8 Å². The number of imidazole rings is 1. The van der Waals surface area contributed by atoms with E-state index in [1.54, 1.807) is 0 Å². The van der Waals surface area contributed by atoms with Crippen LogP contribution in [0.25, 0.3) is 0 Å². The summed E-state index contributed by atoms with van der Waals surface area (Å²) in [6.45, 7) is 8.40. The Labute approximate surface area is 115 Å². The molecule has 0 bridgehead atoms. The molecule has 0 radical (unpaired) electrons. The number of nitrogens with one attached hydrogen (secondary N) is 1. The first-order chi connectivity index (χ1) is 8.99. The van der Waals surface area contributed by atoms with Gasteiger partial charge in [-0.3, -0.25) is 0 Å². The smallest absolute Gasteiger partial charge is 0.164 e. The summed E-state index contributed by atoms with van der Waals surface area (Å²) in [5, 5.41) is 19.5. The quantitative estimate of drug-likeness (QED) is 0.792. The number of aliphatic hydroxyl groups excluding tert-OH is 1. The van der Waals surface area contributed by atoms with E-state index in [-0.39, 0.29) is 5.92 Å². The van der Waals surface area contributed by atoms with Crippen LogP contribution in [0.1, 0.15) is 70.3 Å². The maximum Gasteiger partial charge on any atom is 0.164 e. The van der Waals surface area contributed by atoms with Crippen LogP contribution in [0.2, 0.25) is 0 Å². The van der Waals surface area contributed by atoms with Crippen molar-refractivity contribution in [1.82, 2.24) is 9.97 Å². The van der Waals surface area contributed by atoms with Gasteiger partial charge in [0.2, 0.25) is 0 Å². The molecule has 0 aliphatic heterocycles. The highest BCUT2D eigenvalue weighted by atomic mass is 16.3. The number of hydrogen-bond donors (Lipinski definition) is 2. The van der Waals surface area contributed by atoms with E-state index in [0.29, 0.717) is 17.3 Å². The summed E-state index contributed by atoms with van der Waals surface area (Å²) < 4.78 is 0.